The van der Waals surface area contributed by atoms with Crippen molar-refractivity contribution in [2.24, 2.45) is 0 Å². The van der Waals surface area contributed by atoms with Crippen molar-refractivity contribution in [1.82, 2.24) is 10.2 Å². The van der Waals surface area contributed by atoms with Crippen LogP contribution in [0, 0.1) is 6.92 Å². The number of benzene rings is 2. The van der Waals surface area contributed by atoms with Crippen molar-refractivity contribution < 1.29 is 27.5 Å². The van der Waals surface area contributed by atoms with Crippen LogP contribution in [0.4, 0.5) is 5.69 Å². The average molecular weight is 544 g/mol. The van der Waals surface area contributed by atoms with Gasteiger partial charge < -0.3 is 19.7 Å². The van der Waals surface area contributed by atoms with E-state index in [0.29, 0.717) is 17.2 Å². The van der Waals surface area contributed by atoms with Crippen molar-refractivity contribution in [3.8, 4) is 11.5 Å². The molecule has 0 spiro atoms. The van der Waals surface area contributed by atoms with Crippen molar-refractivity contribution in [2.75, 3.05) is 23.4 Å². The van der Waals surface area contributed by atoms with E-state index < -0.39 is 28.5 Å². The van der Waals surface area contributed by atoms with Gasteiger partial charge in [0, 0.05) is 18.7 Å². The molecule has 1 saturated carbocycles. The van der Waals surface area contributed by atoms with Crippen molar-refractivity contribution in [2.45, 2.75) is 71.5 Å². The lowest BCUT2D eigenvalue weighted by Gasteiger charge is -2.33. The Morgan fingerprint density at radius 2 is 1.71 bits per heavy atom. The van der Waals surface area contributed by atoms with Gasteiger partial charge in [-0.05, 0) is 51.3 Å². The number of aryl methyl sites for hydroxylation is 1. The molecule has 9 nitrogen and oxygen atoms in total. The Hall–Kier alpha value is -3.27. The topological polar surface area (TPSA) is 105 Å². The van der Waals surface area contributed by atoms with Crippen LogP contribution in [-0.2, 0) is 26.2 Å². The third-order valence-corrected chi connectivity index (χ3v) is 8.96. The van der Waals surface area contributed by atoms with Gasteiger partial charge in [0.15, 0.2) is 11.5 Å². The van der Waals surface area contributed by atoms with Gasteiger partial charge in [0.2, 0.25) is 28.6 Å². The van der Waals surface area contributed by atoms with E-state index in [1.807, 2.05) is 31.2 Å². The highest BCUT2D eigenvalue weighted by molar-refractivity contribution is 7.92. The van der Waals surface area contributed by atoms with Crippen LogP contribution in [0.2, 0.25) is 0 Å². The third kappa shape index (κ3) is 6.59. The molecule has 1 unspecified atom stereocenters. The van der Waals surface area contributed by atoms with Crippen LogP contribution in [0.3, 0.4) is 0 Å². The second-order valence-electron chi connectivity index (χ2n) is 9.97. The summed E-state index contributed by atoms with van der Waals surface area (Å²) in [5, 5.41) is 3.11. The first-order valence-electron chi connectivity index (χ1n) is 13.2. The molecule has 0 radical (unpaired) electrons. The Morgan fingerprint density at radius 1 is 1.03 bits per heavy atom. The van der Waals surface area contributed by atoms with Gasteiger partial charge in [-0.15, -0.1) is 0 Å². The van der Waals surface area contributed by atoms with Crippen LogP contribution >= 0.6 is 0 Å². The molecule has 2 amide bonds. The minimum atomic E-state index is -3.82. The maximum atomic E-state index is 13.8. The molecule has 0 bridgehead atoms. The fraction of sp³-hybridized carbons (Fsp3) is 0.500. The first-order chi connectivity index (χ1) is 18.2. The van der Waals surface area contributed by atoms with Gasteiger partial charge in [-0.2, -0.15) is 0 Å². The molecule has 1 aliphatic heterocycles. The van der Waals surface area contributed by atoms with Gasteiger partial charge in [-0.1, -0.05) is 49.1 Å². The number of fused-ring (bicyclic) bond motifs is 1. The van der Waals surface area contributed by atoms with E-state index in [9.17, 15) is 18.0 Å². The monoisotopic (exact) mass is 543 g/mol. The lowest BCUT2D eigenvalue weighted by atomic mass is 9.95. The fourth-order valence-corrected chi connectivity index (χ4v) is 5.86. The third-order valence-electron chi connectivity index (χ3n) is 7.22. The van der Waals surface area contributed by atoms with Gasteiger partial charge in [-0.3, -0.25) is 13.9 Å². The summed E-state index contributed by atoms with van der Waals surface area (Å²) in [6.07, 6.45) is 5.17. The highest BCUT2D eigenvalue weighted by Gasteiger charge is 2.32. The van der Waals surface area contributed by atoms with Crippen LogP contribution < -0.4 is 19.1 Å². The molecule has 1 heterocycles. The van der Waals surface area contributed by atoms with E-state index in [1.165, 1.54) is 18.2 Å². The zero-order chi connectivity index (χ0) is 27.3. The zero-order valence-corrected chi connectivity index (χ0v) is 23.1. The number of hydrogen-bond donors (Lipinski definition) is 1. The van der Waals surface area contributed by atoms with Crippen molar-refractivity contribution in [3.05, 3.63) is 53.6 Å². The van der Waals surface area contributed by atoms with E-state index in [1.54, 1.807) is 25.1 Å². The van der Waals surface area contributed by atoms with E-state index in [-0.39, 0.29) is 31.0 Å². The highest BCUT2D eigenvalue weighted by Crippen LogP contribution is 2.36. The van der Waals surface area contributed by atoms with Crippen molar-refractivity contribution in [3.63, 3.8) is 0 Å². The molecular weight excluding hydrogens is 506 g/mol. The summed E-state index contributed by atoms with van der Waals surface area (Å²) in [4.78, 5) is 28.6. The SMILES string of the molecule is CCS(=O)(=O)N(CC(=O)N(Cc1ccc(C)cc1)C(C)C(=O)NC1CCCCC1)c1ccc2c(c1)OCO2. The smallest absolute Gasteiger partial charge is 0.244 e. The number of nitrogens with one attached hydrogen (secondary N) is 1. The van der Waals surface area contributed by atoms with Crippen LogP contribution in [-0.4, -0.2) is 56.3 Å². The maximum Gasteiger partial charge on any atom is 0.244 e. The summed E-state index contributed by atoms with van der Waals surface area (Å²) in [5.74, 6) is 0.0486. The summed E-state index contributed by atoms with van der Waals surface area (Å²) < 4.78 is 38.1. The number of carbonyl (C=O) groups excluding carboxylic acids is 2. The summed E-state index contributed by atoms with van der Waals surface area (Å²) >= 11 is 0. The normalized spacial score (nSPS) is 16.1. The quantitative estimate of drug-likeness (QED) is 0.490. The Morgan fingerprint density at radius 3 is 2.39 bits per heavy atom. The summed E-state index contributed by atoms with van der Waals surface area (Å²) in [7, 11) is -3.82. The maximum absolute atomic E-state index is 13.8. The summed E-state index contributed by atoms with van der Waals surface area (Å²) in [6.45, 7) is 5.00. The molecule has 1 fully saturated rings. The Labute approximate surface area is 225 Å². The molecule has 1 atom stereocenters. The molecule has 0 saturated heterocycles. The number of sulfonamides is 1. The van der Waals surface area contributed by atoms with Crippen LogP contribution in [0.25, 0.3) is 0 Å². The minimum absolute atomic E-state index is 0.0518. The van der Waals surface area contributed by atoms with Gasteiger partial charge in [0.05, 0.1) is 11.4 Å². The number of hydrogen-bond acceptors (Lipinski definition) is 6. The first-order valence-corrected chi connectivity index (χ1v) is 14.8. The van der Waals surface area contributed by atoms with Crippen LogP contribution in [0.1, 0.15) is 57.1 Å². The lowest BCUT2D eigenvalue weighted by Crippen LogP contribution is -2.53. The second kappa shape index (κ2) is 12.1. The average Bonchev–Trinajstić information content (AvgIpc) is 3.39. The lowest BCUT2D eigenvalue weighted by molar-refractivity contribution is -0.139. The summed E-state index contributed by atoms with van der Waals surface area (Å²) in [6, 6.07) is 11.8. The second-order valence-corrected chi connectivity index (χ2v) is 12.2. The van der Waals surface area contributed by atoms with Crippen LogP contribution in [0.5, 0.6) is 11.5 Å². The van der Waals surface area contributed by atoms with E-state index >= 15 is 0 Å². The number of carbonyl (C=O) groups is 2. The van der Waals surface area contributed by atoms with Gasteiger partial charge >= 0.3 is 0 Å². The predicted molar refractivity (Wildman–Crippen MR) is 146 cm³/mol. The Bertz CT molecular complexity index is 1240. The number of anilines is 1. The molecule has 10 heteroatoms. The molecular formula is C28H37N3O6S. The molecule has 1 N–H and O–H groups in total. The van der Waals surface area contributed by atoms with Crippen LogP contribution in [0.15, 0.2) is 42.5 Å². The van der Waals surface area contributed by atoms with E-state index in [4.69, 9.17) is 9.47 Å². The Balaban J connectivity index is 1.60. The molecule has 2 aromatic rings. The van der Waals surface area contributed by atoms with Gasteiger partial charge in [0.25, 0.3) is 0 Å². The van der Waals surface area contributed by atoms with Crippen molar-refractivity contribution in [1.29, 1.82) is 0 Å². The molecule has 1 aliphatic carbocycles. The molecule has 38 heavy (non-hydrogen) atoms. The molecule has 2 aromatic carbocycles. The fourth-order valence-electron chi connectivity index (χ4n) is 4.80. The minimum Gasteiger partial charge on any atom is -0.454 e. The van der Waals surface area contributed by atoms with E-state index in [0.717, 1.165) is 41.1 Å². The zero-order valence-electron chi connectivity index (χ0n) is 22.3. The molecule has 206 valence electrons. The Kier molecular flexibility index (Phi) is 8.81. The molecule has 4 rings (SSSR count). The highest BCUT2D eigenvalue weighted by atomic mass is 32.2. The summed E-state index contributed by atoms with van der Waals surface area (Å²) in [5.41, 5.74) is 2.24. The number of nitrogens with zero attached hydrogens (tertiary/aromatic N) is 2. The standard InChI is InChI=1S/C28H37N3O6S/c1-4-38(34,35)31(24-14-15-25-26(16-24)37-19-36-25)18-27(32)30(17-22-12-10-20(2)11-13-22)21(3)28(33)29-23-8-6-5-7-9-23/h10-16,21,23H,4-9,17-19H2,1-3H3,(H,29,33). The first kappa shape index (κ1) is 27.8. The van der Waals surface area contributed by atoms with Gasteiger partial charge in [0.1, 0.15) is 12.6 Å². The van der Waals surface area contributed by atoms with Crippen molar-refractivity contribution >= 4 is 27.5 Å². The largest absolute Gasteiger partial charge is 0.454 e. The van der Waals surface area contributed by atoms with Gasteiger partial charge in [-0.25, -0.2) is 8.42 Å². The number of rotatable bonds is 10. The molecule has 2 aliphatic rings. The molecule has 0 aromatic heterocycles. The number of amides is 2. The predicted octanol–water partition coefficient (Wildman–Crippen LogP) is 3.75. The number of ether oxygens (including phenoxy) is 2. The van der Waals surface area contributed by atoms with E-state index in [2.05, 4.69) is 5.32 Å².